The second kappa shape index (κ2) is 5.47. The first-order valence-electron chi connectivity index (χ1n) is 6.20. The summed E-state index contributed by atoms with van der Waals surface area (Å²) in [5.74, 6) is 0.109. The second-order valence-electron chi connectivity index (χ2n) is 4.49. The van der Waals surface area contributed by atoms with Crippen LogP contribution in [0.3, 0.4) is 0 Å². The molecule has 1 atom stereocenters. The SMILES string of the molecule is CCN1CCOC(Cn2cccc2C(C)=O)C1. The normalized spacial score (nSPS) is 21.6. The van der Waals surface area contributed by atoms with Gasteiger partial charge in [0.2, 0.25) is 0 Å². The van der Waals surface area contributed by atoms with Gasteiger partial charge in [-0.3, -0.25) is 9.69 Å². The minimum Gasteiger partial charge on any atom is -0.374 e. The summed E-state index contributed by atoms with van der Waals surface area (Å²) in [6.07, 6.45) is 2.14. The van der Waals surface area contributed by atoms with E-state index in [4.69, 9.17) is 4.74 Å². The minimum atomic E-state index is 0.109. The number of nitrogens with zero attached hydrogens (tertiary/aromatic N) is 2. The number of ether oxygens (including phenoxy) is 1. The molecule has 4 heteroatoms. The highest BCUT2D eigenvalue weighted by molar-refractivity contribution is 5.92. The molecule has 94 valence electrons. The van der Waals surface area contributed by atoms with E-state index in [-0.39, 0.29) is 11.9 Å². The van der Waals surface area contributed by atoms with Crippen molar-refractivity contribution in [3.8, 4) is 0 Å². The van der Waals surface area contributed by atoms with E-state index in [2.05, 4.69) is 11.8 Å². The predicted molar refractivity (Wildman–Crippen MR) is 66.3 cm³/mol. The van der Waals surface area contributed by atoms with Gasteiger partial charge in [0.05, 0.1) is 24.9 Å². The lowest BCUT2D eigenvalue weighted by Gasteiger charge is -2.32. The second-order valence-corrected chi connectivity index (χ2v) is 4.49. The Morgan fingerprint density at radius 1 is 1.59 bits per heavy atom. The monoisotopic (exact) mass is 236 g/mol. The van der Waals surface area contributed by atoms with Gasteiger partial charge in [-0.15, -0.1) is 0 Å². The number of likely N-dealkylation sites (N-methyl/N-ethyl adjacent to an activating group) is 1. The molecule has 1 aliphatic heterocycles. The molecule has 0 N–H and O–H groups in total. The summed E-state index contributed by atoms with van der Waals surface area (Å²) < 4.78 is 7.74. The number of rotatable bonds is 4. The summed E-state index contributed by atoms with van der Waals surface area (Å²) in [7, 11) is 0. The fraction of sp³-hybridized carbons (Fsp3) is 0.615. The molecule has 1 aromatic rings. The highest BCUT2D eigenvalue weighted by Gasteiger charge is 2.20. The quantitative estimate of drug-likeness (QED) is 0.741. The van der Waals surface area contributed by atoms with E-state index >= 15 is 0 Å². The van der Waals surface area contributed by atoms with Crippen molar-refractivity contribution in [3.05, 3.63) is 24.0 Å². The van der Waals surface area contributed by atoms with Gasteiger partial charge in [0.15, 0.2) is 5.78 Å². The van der Waals surface area contributed by atoms with Crippen molar-refractivity contribution in [2.45, 2.75) is 26.5 Å². The lowest BCUT2D eigenvalue weighted by Crippen LogP contribution is -2.44. The van der Waals surface area contributed by atoms with Gasteiger partial charge < -0.3 is 9.30 Å². The summed E-state index contributed by atoms with van der Waals surface area (Å²) in [5, 5.41) is 0. The van der Waals surface area contributed by atoms with Crippen molar-refractivity contribution in [2.24, 2.45) is 0 Å². The van der Waals surface area contributed by atoms with Crippen LogP contribution in [0.2, 0.25) is 0 Å². The Bertz CT molecular complexity index is 387. The lowest BCUT2D eigenvalue weighted by atomic mass is 10.2. The van der Waals surface area contributed by atoms with Crippen molar-refractivity contribution >= 4 is 5.78 Å². The molecule has 1 fully saturated rings. The van der Waals surface area contributed by atoms with E-state index in [1.165, 1.54) is 0 Å². The average molecular weight is 236 g/mol. The molecule has 0 amide bonds. The van der Waals surface area contributed by atoms with E-state index in [9.17, 15) is 4.79 Å². The highest BCUT2D eigenvalue weighted by atomic mass is 16.5. The molecule has 1 saturated heterocycles. The van der Waals surface area contributed by atoms with Gasteiger partial charge in [-0.1, -0.05) is 6.92 Å². The van der Waals surface area contributed by atoms with Crippen LogP contribution in [0.15, 0.2) is 18.3 Å². The molecule has 0 spiro atoms. The van der Waals surface area contributed by atoms with Gasteiger partial charge in [0.25, 0.3) is 0 Å². The van der Waals surface area contributed by atoms with Crippen LogP contribution < -0.4 is 0 Å². The van der Waals surface area contributed by atoms with E-state index in [1.54, 1.807) is 6.92 Å². The Kier molecular flexibility index (Phi) is 3.97. The molecule has 4 nitrogen and oxygen atoms in total. The number of hydrogen-bond donors (Lipinski definition) is 0. The van der Waals surface area contributed by atoms with Crippen LogP contribution in [0, 0.1) is 0 Å². The van der Waals surface area contributed by atoms with Gasteiger partial charge in [-0.05, 0) is 18.7 Å². The maximum atomic E-state index is 11.4. The first-order chi connectivity index (χ1) is 8.20. The van der Waals surface area contributed by atoms with Crippen molar-refractivity contribution in [1.29, 1.82) is 0 Å². The molecule has 2 heterocycles. The van der Waals surface area contributed by atoms with Crippen LogP contribution in [0.5, 0.6) is 0 Å². The Hall–Kier alpha value is -1.13. The minimum absolute atomic E-state index is 0.109. The Morgan fingerprint density at radius 3 is 3.12 bits per heavy atom. The van der Waals surface area contributed by atoms with Gasteiger partial charge in [-0.2, -0.15) is 0 Å². The van der Waals surface area contributed by atoms with Crippen molar-refractivity contribution in [1.82, 2.24) is 9.47 Å². The number of carbonyl (C=O) groups excluding carboxylic acids is 1. The average Bonchev–Trinajstić information content (AvgIpc) is 2.77. The van der Waals surface area contributed by atoms with Gasteiger partial charge in [0, 0.05) is 26.2 Å². The number of aromatic nitrogens is 1. The largest absolute Gasteiger partial charge is 0.374 e. The van der Waals surface area contributed by atoms with Crippen molar-refractivity contribution in [2.75, 3.05) is 26.2 Å². The number of Topliss-reactive ketones (excluding diaryl/α,β-unsaturated/α-hetero) is 1. The number of morpholine rings is 1. The Labute approximate surface area is 102 Å². The third kappa shape index (κ3) is 2.96. The van der Waals surface area contributed by atoms with Crippen LogP contribution in [0.4, 0.5) is 0 Å². The van der Waals surface area contributed by atoms with E-state index in [0.29, 0.717) is 0 Å². The molecule has 1 unspecified atom stereocenters. The van der Waals surface area contributed by atoms with E-state index in [0.717, 1.165) is 38.5 Å². The summed E-state index contributed by atoms with van der Waals surface area (Å²) >= 11 is 0. The third-order valence-electron chi connectivity index (χ3n) is 3.26. The predicted octanol–water partition coefficient (Wildman–Crippen LogP) is 1.41. The van der Waals surface area contributed by atoms with E-state index in [1.807, 2.05) is 22.9 Å². The summed E-state index contributed by atoms with van der Waals surface area (Å²) in [5.41, 5.74) is 0.766. The lowest BCUT2D eigenvalue weighted by molar-refractivity contribution is -0.0344. The zero-order valence-electron chi connectivity index (χ0n) is 10.6. The third-order valence-corrected chi connectivity index (χ3v) is 3.26. The maximum absolute atomic E-state index is 11.4. The van der Waals surface area contributed by atoms with Crippen LogP contribution in [-0.2, 0) is 11.3 Å². The molecule has 0 aromatic carbocycles. The maximum Gasteiger partial charge on any atom is 0.176 e. The molecule has 1 aromatic heterocycles. The highest BCUT2D eigenvalue weighted by Crippen LogP contribution is 2.10. The molecule has 17 heavy (non-hydrogen) atoms. The summed E-state index contributed by atoms with van der Waals surface area (Å²) in [6, 6.07) is 3.78. The molecule has 1 aliphatic rings. The molecule has 0 aliphatic carbocycles. The molecule has 2 rings (SSSR count). The van der Waals surface area contributed by atoms with Gasteiger partial charge in [-0.25, -0.2) is 0 Å². The summed E-state index contributed by atoms with van der Waals surface area (Å²) in [4.78, 5) is 13.8. The molecule has 0 saturated carbocycles. The summed E-state index contributed by atoms with van der Waals surface area (Å²) in [6.45, 7) is 8.34. The van der Waals surface area contributed by atoms with Crippen LogP contribution in [0.25, 0.3) is 0 Å². The fourth-order valence-corrected chi connectivity index (χ4v) is 2.29. The first-order valence-corrected chi connectivity index (χ1v) is 6.20. The molecular weight excluding hydrogens is 216 g/mol. The molecule has 0 radical (unpaired) electrons. The standard InChI is InChI=1S/C13H20N2O2/c1-3-14-7-8-17-12(9-14)10-15-6-4-5-13(15)11(2)16/h4-6,12H,3,7-10H2,1-2H3. The zero-order valence-corrected chi connectivity index (χ0v) is 10.6. The van der Waals surface area contributed by atoms with Gasteiger partial charge >= 0.3 is 0 Å². The van der Waals surface area contributed by atoms with Gasteiger partial charge in [0.1, 0.15) is 0 Å². The van der Waals surface area contributed by atoms with Crippen molar-refractivity contribution < 1.29 is 9.53 Å². The van der Waals surface area contributed by atoms with Crippen LogP contribution in [-0.4, -0.2) is 47.6 Å². The number of ketones is 1. The van der Waals surface area contributed by atoms with Crippen LogP contribution >= 0.6 is 0 Å². The molecule has 0 bridgehead atoms. The smallest absolute Gasteiger partial charge is 0.176 e. The first kappa shape index (κ1) is 12.3. The number of carbonyl (C=O) groups is 1. The zero-order chi connectivity index (χ0) is 12.3. The molecular formula is C13H20N2O2. The fourth-order valence-electron chi connectivity index (χ4n) is 2.29. The van der Waals surface area contributed by atoms with E-state index < -0.39 is 0 Å². The topological polar surface area (TPSA) is 34.5 Å². The Balaban J connectivity index is 2.00. The van der Waals surface area contributed by atoms with Crippen LogP contribution in [0.1, 0.15) is 24.3 Å². The van der Waals surface area contributed by atoms with Crippen molar-refractivity contribution in [3.63, 3.8) is 0 Å². The number of hydrogen-bond acceptors (Lipinski definition) is 3. The Morgan fingerprint density at radius 2 is 2.41 bits per heavy atom.